The Bertz CT molecular complexity index is 142. The van der Waals surface area contributed by atoms with Crippen LogP contribution in [0.15, 0.2) is 0 Å². The Morgan fingerprint density at radius 3 is 2.46 bits per heavy atom. The minimum absolute atomic E-state index is 0.194. The molecule has 0 saturated heterocycles. The zero-order valence-electron chi connectivity index (χ0n) is 8.84. The van der Waals surface area contributed by atoms with Crippen molar-refractivity contribution in [2.45, 2.75) is 25.8 Å². The molecule has 1 amide bonds. The summed E-state index contributed by atoms with van der Waals surface area (Å²) in [5.74, 6) is 0. The van der Waals surface area contributed by atoms with E-state index in [0.717, 1.165) is 32.5 Å². The summed E-state index contributed by atoms with van der Waals surface area (Å²) in [4.78, 5) is 12.3. The fourth-order valence-electron chi connectivity index (χ4n) is 0.904. The molecule has 0 radical (unpaired) electrons. The number of likely N-dealkylation sites (N-methyl/N-ethyl adjacent to an activating group) is 1. The number of hydrogen-bond donors (Lipinski definition) is 2. The van der Waals surface area contributed by atoms with Crippen molar-refractivity contribution in [2.75, 3.05) is 26.7 Å². The van der Waals surface area contributed by atoms with Gasteiger partial charge in [0.25, 0.3) is 0 Å². The highest BCUT2D eigenvalue weighted by atomic mass is 16.1. The lowest BCUT2D eigenvalue weighted by atomic mass is 10.0. The highest BCUT2D eigenvalue weighted by Crippen LogP contribution is 2.03. The van der Waals surface area contributed by atoms with Gasteiger partial charge in [0.15, 0.2) is 0 Å². The van der Waals surface area contributed by atoms with Gasteiger partial charge < -0.3 is 16.0 Å². The van der Waals surface area contributed by atoms with Gasteiger partial charge in [-0.3, -0.25) is 4.79 Å². The predicted molar refractivity (Wildman–Crippen MR) is 54.4 cm³/mol. The fourth-order valence-corrected chi connectivity index (χ4v) is 0.904. The van der Waals surface area contributed by atoms with E-state index in [1.54, 1.807) is 4.90 Å². The van der Waals surface area contributed by atoms with E-state index < -0.39 is 0 Å². The molecule has 0 heterocycles. The average molecular weight is 187 g/mol. The third-order valence-corrected chi connectivity index (χ3v) is 1.84. The van der Waals surface area contributed by atoms with Gasteiger partial charge in [0.1, 0.15) is 0 Å². The van der Waals surface area contributed by atoms with Crippen LogP contribution in [-0.4, -0.2) is 43.5 Å². The number of nitrogens with zero attached hydrogens (tertiary/aromatic N) is 1. The van der Waals surface area contributed by atoms with Gasteiger partial charge in [-0.25, -0.2) is 0 Å². The predicted octanol–water partition coefficient (Wildman–Crippen LogP) is -0.208. The lowest BCUT2D eigenvalue weighted by Crippen LogP contribution is -2.38. The van der Waals surface area contributed by atoms with Crippen LogP contribution < -0.4 is 11.1 Å². The summed E-state index contributed by atoms with van der Waals surface area (Å²) in [5.41, 5.74) is 5.62. The van der Waals surface area contributed by atoms with Crippen molar-refractivity contribution in [3.05, 3.63) is 0 Å². The summed E-state index contributed by atoms with van der Waals surface area (Å²) >= 11 is 0. The van der Waals surface area contributed by atoms with Gasteiger partial charge in [-0.05, 0) is 27.3 Å². The minimum Gasteiger partial charge on any atom is -0.344 e. The number of hydrogen-bond acceptors (Lipinski definition) is 3. The molecule has 0 aromatic heterocycles. The number of carbonyl (C=O) groups excluding carboxylic acids is 1. The molecule has 78 valence electrons. The normalized spacial score (nSPS) is 11.4. The van der Waals surface area contributed by atoms with E-state index in [4.69, 9.17) is 5.73 Å². The SMILES string of the molecule is CNCCN(C=O)CCC(C)(C)N. The van der Waals surface area contributed by atoms with Gasteiger partial charge in [0.05, 0.1) is 0 Å². The monoisotopic (exact) mass is 187 g/mol. The van der Waals surface area contributed by atoms with Crippen molar-refractivity contribution in [2.24, 2.45) is 5.73 Å². The summed E-state index contributed by atoms with van der Waals surface area (Å²) in [6.45, 7) is 6.23. The minimum atomic E-state index is -0.194. The molecule has 0 fully saturated rings. The summed E-state index contributed by atoms with van der Waals surface area (Å²) in [7, 11) is 1.87. The lowest BCUT2D eigenvalue weighted by Gasteiger charge is -2.23. The summed E-state index contributed by atoms with van der Waals surface area (Å²) in [6.07, 6.45) is 1.71. The van der Waals surface area contributed by atoms with Gasteiger partial charge in [-0.2, -0.15) is 0 Å². The molecule has 0 bridgehead atoms. The van der Waals surface area contributed by atoms with Crippen LogP contribution in [0.5, 0.6) is 0 Å². The van der Waals surface area contributed by atoms with Crippen molar-refractivity contribution in [3.8, 4) is 0 Å². The Morgan fingerprint density at radius 2 is 2.08 bits per heavy atom. The Kier molecular flexibility index (Phi) is 5.66. The first-order valence-electron chi connectivity index (χ1n) is 4.62. The van der Waals surface area contributed by atoms with Crippen molar-refractivity contribution in [1.29, 1.82) is 0 Å². The molecule has 4 heteroatoms. The number of nitrogens with two attached hydrogens (primary N) is 1. The number of amides is 1. The molecule has 0 rings (SSSR count). The van der Waals surface area contributed by atoms with E-state index in [9.17, 15) is 4.79 Å². The van der Waals surface area contributed by atoms with Crippen molar-refractivity contribution < 1.29 is 4.79 Å². The molecule has 0 aliphatic rings. The first-order chi connectivity index (χ1) is 5.99. The van der Waals surface area contributed by atoms with Crippen LogP contribution >= 0.6 is 0 Å². The third kappa shape index (κ3) is 7.74. The van der Waals surface area contributed by atoms with Gasteiger partial charge >= 0.3 is 0 Å². The van der Waals surface area contributed by atoms with Crippen LogP contribution in [0.1, 0.15) is 20.3 Å². The Morgan fingerprint density at radius 1 is 1.46 bits per heavy atom. The molecule has 0 spiro atoms. The van der Waals surface area contributed by atoms with Gasteiger partial charge in [0.2, 0.25) is 6.41 Å². The molecule has 13 heavy (non-hydrogen) atoms. The molecule has 0 aliphatic carbocycles. The van der Waals surface area contributed by atoms with Crippen LogP contribution in [0.2, 0.25) is 0 Å². The maximum Gasteiger partial charge on any atom is 0.209 e. The molecule has 0 unspecified atom stereocenters. The molecular formula is C9H21N3O. The van der Waals surface area contributed by atoms with E-state index in [1.807, 2.05) is 20.9 Å². The van der Waals surface area contributed by atoms with Crippen LogP contribution in [0, 0.1) is 0 Å². The van der Waals surface area contributed by atoms with Crippen LogP contribution in [0.4, 0.5) is 0 Å². The number of carbonyl (C=O) groups is 1. The van der Waals surface area contributed by atoms with Crippen molar-refractivity contribution in [1.82, 2.24) is 10.2 Å². The molecule has 0 aromatic rings. The maximum absolute atomic E-state index is 10.6. The number of rotatable bonds is 7. The van der Waals surface area contributed by atoms with E-state index in [2.05, 4.69) is 5.32 Å². The molecule has 0 aliphatic heterocycles. The van der Waals surface area contributed by atoms with Gasteiger partial charge in [0, 0.05) is 25.2 Å². The Balaban J connectivity index is 3.65. The van der Waals surface area contributed by atoms with E-state index in [-0.39, 0.29) is 5.54 Å². The molecule has 0 atom stereocenters. The van der Waals surface area contributed by atoms with Crippen molar-refractivity contribution in [3.63, 3.8) is 0 Å². The standard InChI is InChI=1S/C9H21N3O/c1-9(2,10)4-6-12(8-13)7-5-11-3/h8,11H,4-7,10H2,1-3H3. The maximum atomic E-state index is 10.6. The van der Waals surface area contributed by atoms with E-state index in [1.165, 1.54) is 0 Å². The largest absolute Gasteiger partial charge is 0.344 e. The summed E-state index contributed by atoms with van der Waals surface area (Å²) in [6, 6.07) is 0. The first-order valence-corrected chi connectivity index (χ1v) is 4.62. The van der Waals surface area contributed by atoms with E-state index >= 15 is 0 Å². The zero-order chi connectivity index (χ0) is 10.3. The van der Waals surface area contributed by atoms with Crippen molar-refractivity contribution >= 4 is 6.41 Å². The summed E-state index contributed by atoms with van der Waals surface area (Å²) < 4.78 is 0. The van der Waals surface area contributed by atoms with Gasteiger partial charge in [-0.15, -0.1) is 0 Å². The highest BCUT2D eigenvalue weighted by molar-refractivity contribution is 5.46. The molecule has 0 aromatic carbocycles. The highest BCUT2D eigenvalue weighted by Gasteiger charge is 2.12. The molecule has 0 saturated carbocycles. The third-order valence-electron chi connectivity index (χ3n) is 1.84. The topological polar surface area (TPSA) is 58.4 Å². The zero-order valence-corrected chi connectivity index (χ0v) is 8.84. The lowest BCUT2D eigenvalue weighted by molar-refractivity contribution is -0.118. The van der Waals surface area contributed by atoms with Gasteiger partial charge in [-0.1, -0.05) is 0 Å². The number of nitrogens with one attached hydrogen (secondary N) is 1. The Hall–Kier alpha value is -0.610. The fraction of sp³-hybridized carbons (Fsp3) is 0.889. The van der Waals surface area contributed by atoms with Crippen LogP contribution in [0.25, 0.3) is 0 Å². The average Bonchev–Trinajstić information content (AvgIpc) is 2.03. The quantitative estimate of drug-likeness (QED) is 0.542. The molecule has 3 N–H and O–H groups in total. The second kappa shape index (κ2) is 5.94. The van der Waals surface area contributed by atoms with Crippen LogP contribution in [-0.2, 0) is 4.79 Å². The second-order valence-corrected chi connectivity index (χ2v) is 3.98. The molecular weight excluding hydrogens is 166 g/mol. The molecule has 4 nitrogen and oxygen atoms in total. The summed E-state index contributed by atoms with van der Waals surface area (Å²) in [5, 5.41) is 3.00. The first kappa shape index (κ1) is 12.4. The van der Waals surface area contributed by atoms with E-state index in [0.29, 0.717) is 0 Å². The second-order valence-electron chi connectivity index (χ2n) is 3.98. The van der Waals surface area contributed by atoms with Crippen LogP contribution in [0.3, 0.4) is 0 Å². The smallest absolute Gasteiger partial charge is 0.209 e. The Labute approximate surface area is 80.5 Å².